The molecule has 32 heavy (non-hydrogen) atoms. The van der Waals surface area contributed by atoms with Crippen LogP contribution in [0.5, 0.6) is 5.88 Å². The van der Waals surface area contributed by atoms with E-state index in [1.54, 1.807) is 17.2 Å². The summed E-state index contributed by atoms with van der Waals surface area (Å²) in [5.41, 5.74) is 0.761. The monoisotopic (exact) mass is 444 g/mol. The average molecular weight is 444 g/mol. The van der Waals surface area contributed by atoms with Gasteiger partial charge in [0.15, 0.2) is 0 Å². The molecule has 1 saturated carbocycles. The van der Waals surface area contributed by atoms with Crippen molar-refractivity contribution < 1.29 is 27.1 Å². The van der Waals surface area contributed by atoms with Gasteiger partial charge in [0.05, 0.1) is 23.4 Å². The molecule has 1 aliphatic carbocycles. The van der Waals surface area contributed by atoms with E-state index in [2.05, 4.69) is 15.0 Å². The first-order valence-corrected chi connectivity index (χ1v) is 10.2. The largest absolute Gasteiger partial charge is 0.472 e. The Kier molecular flexibility index (Phi) is 4.87. The van der Waals surface area contributed by atoms with Gasteiger partial charge in [-0.05, 0) is 43.4 Å². The van der Waals surface area contributed by atoms with E-state index in [0.717, 1.165) is 30.7 Å². The second-order valence-electron chi connectivity index (χ2n) is 8.15. The first-order valence-electron chi connectivity index (χ1n) is 10.2. The Hall–Kier alpha value is -3.43. The smallest absolute Gasteiger partial charge is 0.417 e. The third-order valence-electron chi connectivity index (χ3n) is 5.91. The van der Waals surface area contributed by atoms with Gasteiger partial charge in [0, 0.05) is 25.0 Å². The van der Waals surface area contributed by atoms with Gasteiger partial charge in [0.2, 0.25) is 11.8 Å². The van der Waals surface area contributed by atoms with Crippen LogP contribution in [0, 0.1) is 12.8 Å². The van der Waals surface area contributed by atoms with Crippen molar-refractivity contribution in [2.24, 2.45) is 5.92 Å². The first-order chi connectivity index (χ1) is 15.3. The SMILES string of the molecule is Cc1cnc(-c2ncco2)c(C(=O)N2C[C@H]3C[C@@H](Oc4ccc(C(F)(F)F)cn4)[C@@H]2C3)c1. The molecule has 3 aromatic rings. The fourth-order valence-corrected chi connectivity index (χ4v) is 4.50. The molecule has 3 atom stereocenters. The molecule has 2 aliphatic rings. The van der Waals surface area contributed by atoms with Crippen LogP contribution < -0.4 is 4.74 Å². The molecule has 0 spiro atoms. The Morgan fingerprint density at radius 2 is 2.03 bits per heavy atom. The predicted octanol–water partition coefficient (Wildman–Crippen LogP) is 4.14. The van der Waals surface area contributed by atoms with Crippen LogP contribution in [0.4, 0.5) is 13.2 Å². The summed E-state index contributed by atoms with van der Waals surface area (Å²) in [7, 11) is 0. The van der Waals surface area contributed by atoms with Crippen LogP contribution in [0.15, 0.2) is 47.5 Å². The number of aryl methyl sites for hydroxylation is 1. The van der Waals surface area contributed by atoms with Crippen LogP contribution in [0.3, 0.4) is 0 Å². The number of aromatic nitrogens is 3. The number of ether oxygens (including phenoxy) is 1. The zero-order valence-corrected chi connectivity index (χ0v) is 17.0. The maximum absolute atomic E-state index is 13.5. The van der Waals surface area contributed by atoms with Gasteiger partial charge in [-0.15, -0.1) is 0 Å². The van der Waals surface area contributed by atoms with Gasteiger partial charge >= 0.3 is 6.18 Å². The van der Waals surface area contributed by atoms with Crippen molar-refractivity contribution in [1.29, 1.82) is 0 Å². The van der Waals surface area contributed by atoms with Crippen LogP contribution in [0.2, 0.25) is 0 Å². The molecule has 2 bridgehead atoms. The van der Waals surface area contributed by atoms with Gasteiger partial charge in [-0.3, -0.25) is 9.78 Å². The molecule has 5 rings (SSSR count). The van der Waals surface area contributed by atoms with Gasteiger partial charge in [-0.2, -0.15) is 13.2 Å². The van der Waals surface area contributed by atoms with Gasteiger partial charge in [0.25, 0.3) is 5.91 Å². The number of amides is 1. The summed E-state index contributed by atoms with van der Waals surface area (Å²) in [5.74, 6) is 0.432. The lowest BCUT2D eigenvalue weighted by atomic mass is 10.0. The number of hydrogen-bond donors (Lipinski definition) is 0. The molecule has 1 amide bonds. The number of likely N-dealkylation sites (tertiary alicyclic amines) is 1. The Bertz CT molecular complexity index is 1130. The average Bonchev–Trinajstić information content (AvgIpc) is 3.50. The maximum atomic E-state index is 13.5. The summed E-state index contributed by atoms with van der Waals surface area (Å²) >= 11 is 0. The molecule has 1 saturated heterocycles. The van der Waals surface area contributed by atoms with Gasteiger partial charge in [0.1, 0.15) is 18.1 Å². The van der Waals surface area contributed by atoms with E-state index in [-0.39, 0.29) is 35.7 Å². The normalized spacial score (nSPS) is 22.4. The third kappa shape index (κ3) is 3.69. The zero-order chi connectivity index (χ0) is 22.5. The molecule has 166 valence electrons. The van der Waals surface area contributed by atoms with E-state index in [1.807, 2.05) is 6.92 Å². The van der Waals surface area contributed by atoms with E-state index in [9.17, 15) is 18.0 Å². The number of nitrogens with zero attached hydrogens (tertiary/aromatic N) is 4. The fourth-order valence-electron chi connectivity index (χ4n) is 4.50. The number of carbonyl (C=O) groups is 1. The highest BCUT2D eigenvalue weighted by atomic mass is 19.4. The highest BCUT2D eigenvalue weighted by Crippen LogP contribution is 2.41. The molecule has 10 heteroatoms. The summed E-state index contributed by atoms with van der Waals surface area (Å²) in [4.78, 5) is 27.5. The summed E-state index contributed by atoms with van der Waals surface area (Å²) in [5, 5.41) is 0. The van der Waals surface area contributed by atoms with E-state index < -0.39 is 11.7 Å². The predicted molar refractivity (Wildman–Crippen MR) is 106 cm³/mol. The second kappa shape index (κ2) is 7.61. The Morgan fingerprint density at radius 3 is 2.69 bits per heavy atom. The number of alkyl halides is 3. The Labute approximate surface area is 181 Å². The molecule has 3 aromatic heterocycles. The number of pyridine rings is 2. The van der Waals surface area contributed by atoms with Gasteiger partial charge in [-0.1, -0.05) is 0 Å². The molecule has 0 unspecified atom stereocenters. The third-order valence-corrected chi connectivity index (χ3v) is 5.91. The number of carbonyl (C=O) groups excluding carboxylic acids is 1. The fraction of sp³-hybridized carbons (Fsp3) is 0.364. The van der Waals surface area contributed by atoms with Crippen molar-refractivity contribution in [2.75, 3.05) is 6.54 Å². The van der Waals surface area contributed by atoms with Crippen LogP contribution >= 0.6 is 0 Å². The number of hydrogen-bond acceptors (Lipinski definition) is 6. The first kappa shape index (κ1) is 20.5. The minimum absolute atomic E-state index is 0.112. The molecule has 2 fully saturated rings. The number of oxazole rings is 1. The lowest BCUT2D eigenvalue weighted by Crippen LogP contribution is -2.47. The van der Waals surface area contributed by atoms with E-state index in [1.165, 1.54) is 18.5 Å². The number of halogens is 3. The van der Waals surface area contributed by atoms with Crippen molar-refractivity contribution >= 4 is 5.91 Å². The lowest BCUT2D eigenvalue weighted by molar-refractivity contribution is -0.137. The van der Waals surface area contributed by atoms with Gasteiger partial charge in [-0.25, -0.2) is 9.97 Å². The molecule has 7 nitrogen and oxygen atoms in total. The molecule has 0 aromatic carbocycles. The van der Waals surface area contributed by atoms with Crippen LogP contribution in [0.25, 0.3) is 11.6 Å². The van der Waals surface area contributed by atoms with E-state index in [0.29, 0.717) is 17.8 Å². The van der Waals surface area contributed by atoms with Crippen LogP contribution in [-0.2, 0) is 6.18 Å². The standard InChI is InChI=1S/C22H19F3N4O3/c1-12-6-15(19(28-9-12)20-26-4-5-31-20)21(30)29-11-13-7-16(29)17(8-13)32-18-3-2-14(10-27-18)22(23,24)25/h2-6,9-10,13,16-17H,7-8,11H2,1H3/t13-,16+,17-/m1/s1. The lowest BCUT2D eigenvalue weighted by Gasteiger charge is -2.33. The van der Waals surface area contributed by atoms with Crippen molar-refractivity contribution in [3.05, 3.63) is 59.7 Å². The molecule has 4 heterocycles. The molecule has 0 radical (unpaired) electrons. The minimum atomic E-state index is -4.45. The van der Waals surface area contributed by atoms with E-state index in [4.69, 9.17) is 9.15 Å². The highest BCUT2D eigenvalue weighted by molar-refractivity contribution is 5.99. The van der Waals surface area contributed by atoms with Crippen molar-refractivity contribution in [1.82, 2.24) is 19.9 Å². The Morgan fingerprint density at radius 1 is 1.19 bits per heavy atom. The van der Waals surface area contributed by atoms with E-state index >= 15 is 0 Å². The summed E-state index contributed by atoms with van der Waals surface area (Å²) < 4.78 is 49.6. The summed E-state index contributed by atoms with van der Waals surface area (Å²) in [6.07, 6.45) is 2.00. The summed E-state index contributed by atoms with van der Waals surface area (Å²) in [6.45, 7) is 2.43. The molecular weight excluding hydrogens is 425 g/mol. The second-order valence-corrected chi connectivity index (χ2v) is 8.15. The van der Waals surface area contributed by atoms with Gasteiger partial charge < -0.3 is 14.1 Å². The minimum Gasteiger partial charge on any atom is -0.472 e. The van der Waals surface area contributed by atoms with Crippen molar-refractivity contribution in [2.45, 2.75) is 38.1 Å². The zero-order valence-electron chi connectivity index (χ0n) is 17.0. The Balaban J connectivity index is 1.37. The quantitative estimate of drug-likeness (QED) is 0.602. The summed E-state index contributed by atoms with van der Waals surface area (Å²) in [6, 6.07) is 3.72. The molecular formula is C22H19F3N4O3. The van der Waals surface area contributed by atoms with Crippen molar-refractivity contribution in [3.8, 4) is 17.5 Å². The van der Waals surface area contributed by atoms with Crippen LogP contribution in [-0.4, -0.2) is 44.4 Å². The number of fused-ring (bicyclic) bond motifs is 2. The highest BCUT2D eigenvalue weighted by Gasteiger charge is 2.49. The molecule has 0 N–H and O–H groups in total. The maximum Gasteiger partial charge on any atom is 0.417 e. The number of rotatable bonds is 4. The molecule has 1 aliphatic heterocycles. The van der Waals surface area contributed by atoms with Crippen LogP contribution in [0.1, 0.15) is 34.3 Å². The number of piperidine rings is 1. The topological polar surface area (TPSA) is 81.4 Å². The van der Waals surface area contributed by atoms with Crippen molar-refractivity contribution in [3.63, 3.8) is 0 Å².